The Bertz CT molecular complexity index is 367. The van der Waals surface area contributed by atoms with Crippen LogP contribution >= 0.6 is 11.6 Å². The van der Waals surface area contributed by atoms with Crippen LogP contribution in [0.3, 0.4) is 0 Å². The summed E-state index contributed by atoms with van der Waals surface area (Å²) in [6.45, 7) is 6.93. The van der Waals surface area contributed by atoms with Crippen LogP contribution in [-0.2, 0) is 18.9 Å². The summed E-state index contributed by atoms with van der Waals surface area (Å²) in [5.74, 6) is 0.563. The van der Waals surface area contributed by atoms with Crippen molar-refractivity contribution in [3.63, 3.8) is 0 Å². The second-order valence-electron chi connectivity index (χ2n) is 4.07. The Balaban J connectivity index is 1.79. The predicted molar refractivity (Wildman–Crippen MR) is 81.5 cm³/mol. The zero-order valence-corrected chi connectivity index (χ0v) is 13.6. The molecule has 1 heterocycles. The first-order valence-electron chi connectivity index (χ1n) is 7.24. The van der Waals surface area contributed by atoms with Gasteiger partial charge in [-0.05, 0) is 18.5 Å². The third-order valence-corrected chi connectivity index (χ3v) is 2.61. The first-order chi connectivity index (χ1) is 10.8. The molecule has 0 aliphatic rings. The van der Waals surface area contributed by atoms with Crippen molar-refractivity contribution >= 4 is 11.6 Å². The van der Waals surface area contributed by atoms with Gasteiger partial charge < -0.3 is 23.7 Å². The van der Waals surface area contributed by atoms with Crippen LogP contribution in [0.5, 0.6) is 5.75 Å². The number of ether oxygens (including phenoxy) is 5. The fraction of sp³-hybridized carbons (Fsp3) is 0.714. The maximum absolute atomic E-state index is 5.57. The molecule has 1 aromatic rings. The fourth-order valence-corrected chi connectivity index (χ4v) is 1.50. The van der Waals surface area contributed by atoms with Crippen molar-refractivity contribution < 1.29 is 23.7 Å². The van der Waals surface area contributed by atoms with Crippen LogP contribution in [0.1, 0.15) is 6.92 Å². The molecular weight excluding hydrogens is 312 g/mol. The number of hydrogen-bond acceptors (Lipinski definition) is 7. The van der Waals surface area contributed by atoms with E-state index < -0.39 is 0 Å². The third kappa shape index (κ3) is 10.7. The lowest BCUT2D eigenvalue weighted by atomic mass is 10.6. The van der Waals surface area contributed by atoms with Gasteiger partial charge in [-0.1, -0.05) is 0 Å². The van der Waals surface area contributed by atoms with Crippen LogP contribution < -0.4 is 4.74 Å². The zero-order valence-electron chi connectivity index (χ0n) is 12.8. The molecule has 126 valence electrons. The van der Waals surface area contributed by atoms with Gasteiger partial charge in [0.25, 0.3) is 0 Å². The standard InChI is InChI=1S/C14H23ClN2O5/c1-2-18-3-4-19-5-6-20-7-8-21-9-10-22-13-11-16-14(15)17-12-13/h11-12H,2-10H2,1H3. The van der Waals surface area contributed by atoms with Gasteiger partial charge in [-0.3, -0.25) is 0 Å². The van der Waals surface area contributed by atoms with E-state index in [1.807, 2.05) is 6.92 Å². The van der Waals surface area contributed by atoms with Crippen LogP contribution in [0.2, 0.25) is 5.28 Å². The maximum Gasteiger partial charge on any atom is 0.222 e. The van der Waals surface area contributed by atoms with Gasteiger partial charge >= 0.3 is 0 Å². The number of aromatic nitrogens is 2. The Kier molecular flexibility index (Phi) is 11.8. The van der Waals surface area contributed by atoms with Crippen LogP contribution in [0, 0.1) is 0 Å². The normalized spacial score (nSPS) is 10.8. The maximum atomic E-state index is 5.57. The SMILES string of the molecule is CCOCCOCCOCCOCCOc1cnc(Cl)nc1. The summed E-state index contributed by atoms with van der Waals surface area (Å²) in [5.41, 5.74) is 0. The van der Waals surface area contributed by atoms with Crippen molar-refractivity contribution in [1.82, 2.24) is 9.97 Å². The highest BCUT2D eigenvalue weighted by molar-refractivity contribution is 6.28. The monoisotopic (exact) mass is 334 g/mol. The summed E-state index contributed by atoms with van der Waals surface area (Å²) in [5, 5.41) is 0.197. The Labute approximate surface area is 135 Å². The largest absolute Gasteiger partial charge is 0.488 e. The molecule has 22 heavy (non-hydrogen) atoms. The molecule has 0 aliphatic carbocycles. The average molecular weight is 335 g/mol. The number of rotatable bonds is 14. The molecule has 0 radical (unpaired) electrons. The molecule has 0 saturated heterocycles. The minimum Gasteiger partial charge on any atom is -0.488 e. The van der Waals surface area contributed by atoms with Crippen LogP contribution in [0.15, 0.2) is 12.4 Å². The lowest BCUT2D eigenvalue weighted by Crippen LogP contribution is -2.13. The molecule has 1 aromatic heterocycles. The lowest BCUT2D eigenvalue weighted by molar-refractivity contribution is -0.00344. The molecule has 1 rings (SSSR count). The van der Waals surface area contributed by atoms with Gasteiger partial charge in [0.05, 0.1) is 58.6 Å². The highest BCUT2D eigenvalue weighted by atomic mass is 35.5. The molecule has 0 unspecified atom stereocenters. The topological polar surface area (TPSA) is 71.9 Å². The Hall–Kier alpha value is -0.990. The lowest BCUT2D eigenvalue weighted by Gasteiger charge is -2.08. The summed E-state index contributed by atoms with van der Waals surface area (Å²) < 4.78 is 26.5. The molecule has 0 bridgehead atoms. The van der Waals surface area contributed by atoms with E-state index in [0.717, 1.165) is 0 Å². The van der Waals surface area contributed by atoms with Gasteiger partial charge in [0.15, 0.2) is 5.75 Å². The third-order valence-electron chi connectivity index (χ3n) is 2.41. The van der Waals surface area contributed by atoms with Crippen molar-refractivity contribution in [3.8, 4) is 5.75 Å². The Morgan fingerprint density at radius 2 is 1.23 bits per heavy atom. The summed E-state index contributed by atoms with van der Waals surface area (Å²) in [4.78, 5) is 7.62. The van der Waals surface area contributed by atoms with E-state index in [2.05, 4.69) is 9.97 Å². The summed E-state index contributed by atoms with van der Waals surface area (Å²) >= 11 is 5.57. The van der Waals surface area contributed by atoms with Crippen LogP contribution in [0.25, 0.3) is 0 Å². The van der Waals surface area contributed by atoms with E-state index >= 15 is 0 Å². The van der Waals surface area contributed by atoms with Crippen molar-refractivity contribution in [1.29, 1.82) is 0 Å². The molecule has 0 amide bonds. The van der Waals surface area contributed by atoms with E-state index in [1.165, 1.54) is 12.4 Å². The number of halogens is 1. The van der Waals surface area contributed by atoms with E-state index in [4.69, 9.17) is 35.3 Å². The number of nitrogens with zero attached hydrogens (tertiary/aromatic N) is 2. The molecule has 0 saturated carbocycles. The molecule has 8 heteroatoms. The average Bonchev–Trinajstić information content (AvgIpc) is 2.53. The van der Waals surface area contributed by atoms with E-state index in [-0.39, 0.29) is 5.28 Å². The minimum atomic E-state index is 0.197. The van der Waals surface area contributed by atoms with Crippen molar-refractivity contribution in [3.05, 3.63) is 17.7 Å². The number of hydrogen-bond donors (Lipinski definition) is 0. The predicted octanol–water partition coefficient (Wildman–Crippen LogP) is 1.60. The highest BCUT2D eigenvalue weighted by Crippen LogP contribution is 2.07. The van der Waals surface area contributed by atoms with Crippen molar-refractivity contribution in [2.45, 2.75) is 6.92 Å². The van der Waals surface area contributed by atoms with Gasteiger partial charge in [-0.25, -0.2) is 9.97 Å². The highest BCUT2D eigenvalue weighted by Gasteiger charge is 1.96. The molecule has 0 atom stereocenters. The molecule has 0 fully saturated rings. The Morgan fingerprint density at radius 3 is 1.73 bits per heavy atom. The molecule has 0 N–H and O–H groups in total. The molecular formula is C14H23ClN2O5. The van der Waals surface area contributed by atoms with Gasteiger partial charge in [0.1, 0.15) is 6.61 Å². The van der Waals surface area contributed by atoms with Crippen molar-refractivity contribution in [2.24, 2.45) is 0 Å². The fourth-order valence-electron chi connectivity index (χ4n) is 1.40. The smallest absolute Gasteiger partial charge is 0.222 e. The molecule has 0 aliphatic heterocycles. The minimum absolute atomic E-state index is 0.197. The van der Waals surface area contributed by atoms with Crippen LogP contribution in [-0.4, -0.2) is 69.4 Å². The van der Waals surface area contributed by atoms with E-state index in [1.54, 1.807) is 0 Å². The first-order valence-corrected chi connectivity index (χ1v) is 7.62. The quantitative estimate of drug-likeness (QED) is 0.378. The van der Waals surface area contributed by atoms with Gasteiger partial charge in [-0.2, -0.15) is 0 Å². The molecule has 7 nitrogen and oxygen atoms in total. The second-order valence-corrected chi connectivity index (χ2v) is 4.41. The van der Waals surface area contributed by atoms with Gasteiger partial charge in [0.2, 0.25) is 5.28 Å². The summed E-state index contributed by atoms with van der Waals surface area (Å²) in [7, 11) is 0. The first kappa shape index (κ1) is 19.1. The summed E-state index contributed by atoms with van der Waals surface area (Å²) in [6, 6.07) is 0. The van der Waals surface area contributed by atoms with Gasteiger partial charge in [-0.15, -0.1) is 0 Å². The van der Waals surface area contributed by atoms with Gasteiger partial charge in [0, 0.05) is 6.61 Å². The van der Waals surface area contributed by atoms with E-state index in [9.17, 15) is 0 Å². The molecule has 0 aromatic carbocycles. The summed E-state index contributed by atoms with van der Waals surface area (Å²) in [6.07, 6.45) is 3.04. The Morgan fingerprint density at radius 1 is 0.773 bits per heavy atom. The second kappa shape index (κ2) is 13.7. The van der Waals surface area contributed by atoms with Crippen LogP contribution in [0.4, 0.5) is 0 Å². The zero-order chi connectivity index (χ0) is 15.9. The van der Waals surface area contributed by atoms with Crippen molar-refractivity contribution in [2.75, 3.05) is 59.5 Å². The molecule has 0 spiro atoms. The van der Waals surface area contributed by atoms with E-state index in [0.29, 0.717) is 65.2 Å².